The summed E-state index contributed by atoms with van der Waals surface area (Å²) in [6, 6.07) is 0. The Balaban J connectivity index is 1.75. The van der Waals surface area contributed by atoms with Crippen LogP contribution in [0, 0.1) is 0 Å². The van der Waals surface area contributed by atoms with Crippen molar-refractivity contribution in [3.05, 3.63) is 0 Å². The molecule has 3 heterocycles. The predicted octanol–water partition coefficient (Wildman–Crippen LogP) is 0.375. The van der Waals surface area contributed by atoms with E-state index in [2.05, 4.69) is 0 Å². The fraction of sp³-hybridized carbons (Fsp3) is 1.00. The number of ether oxygens (including phenoxy) is 5. The molecule has 0 radical (unpaired) electrons. The SMILES string of the molecule is CC1(C)OCC([C@H]2O[C@H](O)[C@@H]3OC(C)(C)OC23)O1. The maximum Gasteiger partial charge on any atom is 0.184 e. The lowest BCUT2D eigenvalue weighted by Crippen LogP contribution is -2.40. The first-order valence-electron chi connectivity index (χ1n) is 6.28. The molecule has 0 saturated carbocycles. The van der Waals surface area contributed by atoms with Crippen LogP contribution in [0.25, 0.3) is 0 Å². The molecule has 0 aliphatic carbocycles. The molecule has 0 spiro atoms. The zero-order chi connectivity index (χ0) is 13.1. The molecule has 104 valence electrons. The summed E-state index contributed by atoms with van der Waals surface area (Å²) in [5, 5.41) is 9.87. The molecule has 18 heavy (non-hydrogen) atoms. The highest BCUT2D eigenvalue weighted by Crippen LogP contribution is 2.41. The van der Waals surface area contributed by atoms with Gasteiger partial charge in [-0.3, -0.25) is 0 Å². The van der Waals surface area contributed by atoms with E-state index in [1.807, 2.05) is 27.7 Å². The lowest BCUT2D eigenvalue weighted by atomic mass is 10.1. The molecule has 3 rings (SSSR count). The van der Waals surface area contributed by atoms with Crippen LogP contribution in [0.4, 0.5) is 0 Å². The maximum absolute atomic E-state index is 9.87. The second kappa shape index (κ2) is 3.88. The van der Waals surface area contributed by atoms with Crippen LogP contribution >= 0.6 is 0 Å². The molecule has 0 aromatic rings. The minimum absolute atomic E-state index is 0.248. The fourth-order valence-electron chi connectivity index (χ4n) is 2.78. The zero-order valence-corrected chi connectivity index (χ0v) is 11.1. The van der Waals surface area contributed by atoms with Gasteiger partial charge >= 0.3 is 0 Å². The number of hydrogen-bond acceptors (Lipinski definition) is 6. The Hall–Kier alpha value is -0.240. The van der Waals surface area contributed by atoms with Gasteiger partial charge in [-0.05, 0) is 27.7 Å². The molecule has 6 nitrogen and oxygen atoms in total. The molecular weight excluding hydrogens is 240 g/mol. The van der Waals surface area contributed by atoms with Crippen molar-refractivity contribution >= 4 is 0 Å². The van der Waals surface area contributed by atoms with Crippen LogP contribution in [0.5, 0.6) is 0 Å². The first-order valence-corrected chi connectivity index (χ1v) is 6.28. The van der Waals surface area contributed by atoms with Gasteiger partial charge in [0.15, 0.2) is 17.9 Å². The van der Waals surface area contributed by atoms with Gasteiger partial charge in [-0.1, -0.05) is 0 Å². The highest BCUT2D eigenvalue weighted by atomic mass is 16.8. The number of hydrogen-bond donors (Lipinski definition) is 1. The average molecular weight is 260 g/mol. The molecule has 3 fully saturated rings. The number of fused-ring (bicyclic) bond motifs is 1. The minimum Gasteiger partial charge on any atom is -0.366 e. The van der Waals surface area contributed by atoms with Crippen molar-refractivity contribution in [2.45, 2.75) is 70.0 Å². The molecule has 2 unspecified atom stereocenters. The number of rotatable bonds is 1. The Morgan fingerprint density at radius 1 is 0.889 bits per heavy atom. The van der Waals surface area contributed by atoms with Gasteiger partial charge in [0.05, 0.1) is 6.61 Å². The Bertz CT molecular complexity index is 341. The summed E-state index contributed by atoms with van der Waals surface area (Å²) in [6.45, 7) is 7.78. The average Bonchev–Trinajstić information content (AvgIpc) is 2.81. The van der Waals surface area contributed by atoms with Gasteiger partial charge in [-0.25, -0.2) is 0 Å². The summed E-state index contributed by atoms with van der Waals surface area (Å²) in [4.78, 5) is 0. The van der Waals surface area contributed by atoms with E-state index in [1.165, 1.54) is 0 Å². The van der Waals surface area contributed by atoms with E-state index in [1.54, 1.807) is 0 Å². The highest BCUT2D eigenvalue weighted by molar-refractivity contribution is 4.99. The van der Waals surface area contributed by atoms with Crippen LogP contribution in [0.3, 0.4) is 0 Å². The van der Waals surface area contributed by atoms with E-state index in [9.17, 15) is 5.11 Å². The van der Waals surface area contributed by atoms with E-state index in [4.69, 9.17) is 23.7 Å². The van der Waals surface area contributed by atoms with Crippen LogP contribution in [0.2, 0.25) is 0 Å². The lowest BCUT2D eigenvalue weighted by Gasteiger charge is -2.26. The van der Waals surface area contributed by atoms with E-state index in [0.717, 1.165) is 0 Å². The van der Waals surface area contributed by atoms with Crippen molar-refractivity contribution in [3.63, 3.8) is 0 Å². The van der Waals surface area contributed by atoms with E-state index in [-0.39, 0.29) is 18.3 Å². The highest BCUT2D eigenvalue weighted by Gasteiger charge is 2.58. The standard InChI is InChI=1S/C12H20O6/c1-11(2)14-5-6(16-11)7-8-9(10(13)15-7)18-12(3,4)17-8/h6-10,13H,5H2,1-4H3/t6?,7-,8?,9-,10+/m1/s1. The molecule has 1 N–H and O–H groups in total. The van der Waals surface area contributed by atoms with E-state index >= 15 is 0 Å². The fourth-order valence-corrected chi connectivity index (χ4v) is 2.78. The van der Waals surface area contributed by atoms with Gasteiger partial charge in [-0.15, -0.1) is 0 Å². The smallest absolute Gasteiger partial charge is 0.184 e. The monoisotopic (exact) mass is 260 g/mol. The van der Waals surface area contributed by atoms with Crippen LogP contribution in [-0.2, 0) is 23.7 Å². The summed E-state index contributed by atoms with van der Waals surface area (Å²) in [6.07, 6.45) is -2.38. The molecule has 0 bridgehead atoms. The molecule has 3 saturated heterocycles. The van der Waals surface area contributed by atoms with Crippen molar-refractivity contribution in [2.24, 2.45) is 0 Å². The Morgan fingerprint density at radius 3 is 2.17 bits per heavy atom. The first-order chi connectivity index (χ1) is 8.27. The van der Waals surface area contributed by atoms with Crippen molar-refractivity contribution < 1.29 is 28.8 Å². The van der Waals surface area contributed by atoms with Crippen molar-refractivity contribution in [2.75, 3.05) is 6.61 Å². The van der Waals surface area contributed by atoms with Crippen molar-refractivity contribution in [1.29, 1.82) is 0 Å². The molecule has 3 aliphatic heterocycles. The summed E-state index contributed by atoms with van der Waals surface area (Å²) >= 11 is 0. The zero-order valence-electron chi connectivity index (χ0n) is 11.1. The molecular formula is C12H20O6. The predicted molar refractivity (Wildman–Crippen MR) is 59.6 cm³/mol. The quantitative estimate of drug-likeness (QED) is 0.735. The van der Waals surface area contributed by atoms with E-state index in [0.29, 0.717) is 6.61 Å². The number of aliphatic hydroxyl groups excluding tert-OH is 1. The Labute approximate surface area is 106 Å². The summed E-state index contributed by atoms with van der Waals surface area (Å²) in [7, 11) is 0. The van der Waals surface area contributed by atoms with Gasteiger partial charge in [0, 0.05) is 0 Å². The van der Waals surface area contributed by atoms with Crippen molar-refractivity contribution in [3.8, 4) is 0 Å². The summed E-state index contributed by atoms with van der Waals surface area (Å²) < 4.78 is 28.2. The van der Waals surface area contributed by atoms with Crippen LogP contribution in [-0.4, -0.2) is 54.0 Å². The van der Waals surface area contributed by atoms with Crippen LogP contribution in [0.1, 0.15) is 27.7 Å². The van der Waals surface area contributed by atoms with Gasteiger partial charge in [0.2, 0.25) is 0 Å². The molecule has 6 heteroatoms. The Kier molecular flexibility index (Phi) is 2.75. The third kappa shape index (κ3) is 2.07. The molecule has 0 aromatic heterocycles. The van der Waals surface area contributed by atoms with Gasteiger partial charge in [-0.2, -0.15) is 0 Å². The molecule has 0 aromatic carbocycles. The minimum atomic E-state index is -0.978. The van der Waals surface area contributed by atoms with Crippen LogP contribution in [0.15, 0.2) is 0 Å². The van der Waals surface area contributed by atoms with Gasteiger partial charge in [0.25, 0.3) is 0 Å². The van der Waals surface area contributed by atoms with E-state index < -0.39 is 24.0 Å². The van der Waals surface area contributed by atoms with Gasteiger partial charge < -0.3 is 28.8 Å². The number of aliphatic hydroxyl groups is 1. The molecule has 5 atom stereocenters. The van der Waals surface area contributed by atoms with Crippen LogP contribution < -0.4 is 0 Å². The Morgan fingerprint density at radius 2 is 1.56 bits per heavy atom. The third-order valence-electron chi connectivity index (χ3n) is 3.46. The topological polar surface area (TPSA) is 66.4 Å². The maximum atomic E-state index is 9.87. The largest absolute Gasteiger partial charge is 0.366 e. The third-order valence-corrected chi connectivity index (χ3v) is 3.46. The van der Waals surface area contributed by atoms with Gasteiger partial charge in [0.1, 0.15) is 24.4 Å². The first kappa shape index (κ1) is 12.8. The van der Waals surface area contributed by atoms with Crippen molar-refractivity contribution in [1.82, 2.24) is 0 Å². The molecule has 0 amide bonds. The normalized spacial score (nSPS) is 49.5. The summed E-state index contributed by atoms with van der Waals surface area (Å²) in [5.74, 6) is -1.32. The second-order valence-electron chi connectivity index (χ2n) is 5.92. The lowest BCUT2D eigenvalue weighted by molar-refractivity contribution is -0.236. The molecule has 3 aliphatic rings. The summed E-state index contributed by atoms with van der Waals surface area (Å²) in [5.41, 5.74) is 0. The second-order valence-corrected chi connectivity index (χ2v) is 5.92.